The molecule has 2 heterocycles. The number of urea groups is 1. The molecule has 1 fully saturated rings. The van der Waals surface area contributed by atoms with Gasteiger partial charge in [0, 0.05) is 17.6 Å². The fourth-order valence-electron chi connectivity index (χ4n) is 3.37. The van der Waals surface area contributed by atoms with Gasteiger partial charge in [-0.3, -0.25) is 0 Å². The highest BCUT2D eigenvalue weighted by atomic mass is 32.1. The minimum atomic E-state index is -0.0145. The van der Waals surface area contributed by atoms with E-state index < -0.39 is 0 Å². The van der Waals surface area contributed by atoms with Crippen molar-refractivity contribution >= 4 is 23.1 Å². The van der Waals surface area contributed by atoms with Gasteiger partial charge in [-0.25, -0.2) is 9.78 Å². The summed E-state index contributed by atoms with van der Waals surface area (Å²) in [7, 11) is 0. The predicted octanol–water partition coefficient (Wildman–Crippen LogP) is 5.25. The average Bonchev–Trinajstić information content (AvgIpc) is 3.17. The molecule has 2 amide bonds. The molecular weight excluding hydrogens is 318 g/mol. The lowest BCUT2D eigenvalue weighted by Gasteiger charge is -2.25. The van der Waals surface area contributed by atoms with E-state index in [1.54, 1.807) is 11.3 Å². The van der Waals surface area contributed by atoms with Gasteiger partial charge >= 0.3 is 6.03 Å². The molecule has 0 bridgehead atoms. The Balaban J connectivity index is 1.82. The van der Waals surface area contributed by atoms with Gasteiger partial charge in [0.2, 0.25) is 0 Å². The molecule has 0 spiro atoms. The SMILES string of the molecule is Cc1nc(C2CCCN2C(=O)Nc2c(C)cccc2C(C)C)cs1. The number of carbonyl (C=O) groups is 1. The van der Waals surface area contributed by atoms with Crippen LogP contribution in [-0.4, -0.2) is 22.5 Å². The van der Waals surface area contributed by atoms with E-state index in [-0.39, 0.29) is 12.1 Å². The number of anilines is 1. The Morgan fingerprint density at radius 2 is 2.17 bits per heavy atom. The van der Waals surface area contributed by atoms with E-state index in [0.717, 1.165) is 41.3 Å². The normalized spacial score (nSPS) is 17.5. The van der Waals surface area contributed by atoms with E-state index in [1.165, 1.54) is 5.56 Å². The first-order chi connectivity index (χ1) is 11.5. The van der Waals surface area contributed by atoms with Gasteiger partial charge in [0.15, 0.2) is 0 Å². The highest BCUT2D eigenvalue weighted by molar-refractivity contribution is 7.09. The molecule has 1 atom stereocenters. The van der Waals surface area contributed by atoms with Gasteiger partial charge in [-0.2, -0.15) is 0 Å². The number of carbonyl (C=O) groups excluding carboxylic acids is 1. The van der Waals surface area contributed by atoms with Crippen molar-refractivity contribution < 1.29 is 4.79 Å². The summed E-state index contributed by atoms with van der Waals surface area (Å²) in [5.74, 6) is 0.371. The van der Waals surface area contributed by atoms with Gasteiger partial charge in [-0.15, -0.1) is 11.3 Å². The highest BCUT2D eigenvalue weighted by Gasteiger charge is 2.32. The van der Waals surface area contributed by atoms with Crippen LogP contribution in [0.15, 0.2) is 23.6 Å². The maximum Gasteiger partial charge on any atom is 0.322 e. The number of likely N-dealkylation sites (tertiary alicyclic amines) is 1. The Morgan fingerprint density at radius 3 is 2.83 bits per heavy atom. The molecule has 0 aliphatic carbocycles. The first-order valence-electron chi connectivity index (χ1n) is 8.56. The molecular formula is C19H25N3OS. The van der Waals surface area contributed by atoms with E-state index in [1.807, 2.05) is 24.8 Å². The minimum absolute atomic E-state index is 0.0145. The zero-order valence-electron chi connectivity index (χ0n) is 14.8. The number of amides is 2. The molecule has 24 heavy (non-hydrogen) atoms. The molecule has 1 aliphatic heterocycles. The summed E-state index contributed by atoms with van der Waals surface area (Å²) in [5.41, 5.74) is 4.27. The predicted molar refractivity (Wildman–Crippen MR) is 99.8 cm³/mol. The third-order valence-electron chi connectivity index (χ3n) is 4.65. The van der Waals surface area contributed by atoms with E-state index in [4.69, 9.17) is 0 Å². The second-order valence-electron chi connectivity index (χ2n) is 6.77. The Morgan fingerprint density at radius 1 is 1.38 bits per heavy atom. The van der Waals surface area contributed by atoms with Gasteiger partial charge in [0.25, 0.3) is 0 Å². The molecule has 1 aromatic carbocycles. The Bertz CT molecular complexity index is 738. The van der Waals surface area contributed by atoms with Crippen molar-refractivity contribution in [3.05, 3.63) is 45.4 Å². The third-order valence-corrected chi connectivity index (χ3v) is 5.44. The van der Waals surface area contributed by atoms with Crippen LogP contribution in [0.1, 0.15) is 60.5 Å². The van der Waals surface area contributed by atoms with E-state index in [9.17, 15) is 4.79 Å². The van der Waals surface area contributed by atoms with Crippen LogP contribution in [0.25, 0.3) is 0 Å². The standard InChI is InChI=1S/C19H25N3OS/c1-12(2)15-8-5-7-13(3)18(15)21-19(23)22-10-6-9-17(22)16-11-24-14(4)20-16/h5,7-8,11-12,17H,6,9-10H2,1-4H3,(H,21,23). The summed E-state index contributed by atoms with van der Waals surface area (Å²) in [6, 6.07) is 6.28. The maximum atomic E-state index is 12.9. The van der Waals surface area contributed by atoms with E-state index in [2.05, 4.69) is 41.7 Å². The van der Waals surface area contributed by atoms with Gasteiger partial charge in [0.05, 0.1) is 16.7 Å². The molecule has 1 aliphatic rings. The number of para-hydroxylation sites is 1. The molecule has 128 valence electrons. The van der Waals surface area contributed by atoms with Crippen molar-refractivity contribution in [2.75, 3.05) is 11.9 Å². The van der Waals surface area contributed by atoms with Gasteiger partial charge in [-0.1, -0.05) is 32.0 Å². The van der Waals surface area contributed by atoms with Gasteiger partial charge in [-0.05, 0) is 43.7 Å². The Labute approximate surface area is 147 Å². The molecule has 2 aromatic rings. The van der Waals surface area contributed by atoms with Crippen LogP contribution in [-0.2, 0) is 0 Å². The number of benzene rings is 1. The topological polar surface area (TPSA) is 45.2 Å². The second kappa shape index (κ2) is 6.93. The number of nitrogens with zero attached hydrogens (tertiary/aromatic N) is 2. The van der Waals surface area contributed by atoms with Crippen LogP contribution >= 0.6 is 11.3 Å². The number of hydrogen-bond acceptors (Lipinski definition) is 3. The fraction of sp³-hybridized carbons (Fsp3) is 0.474. The fourth-order valence-corrected chi connectivity index (χ4v) is 4.03. The van der Waals surface area contributed by atoms with Crippen LogP contribution in [0.3, 0.4) is 0 Å². The summed E-state index contributed by atoms with van der Waals surface area (Å²) in [6.07, 6.45) is 2.01. The summed E-state index contributed by atoms with van der Waals surface area (Å²) in [5, 5.41) is 6.31. The molecule has 5 heteroatoms. The molecule has 1 unspecified atom stereocenters. The molecule has 3 rings (SSSR count). The summed E-state index contributed by atoms with van der Waals surface area (Å²) in [4.78, 5) is 19.5. The number of aromatic nitrogens is 1. The number of rotatable bonds is 3. The molecule has 0 radical (unpaired) electrons. The van der Waals surface area contributed by atoms with Crippen molar-refractivity contribution in [2.45, 2.75) is 52.5 Å². The molecule has 1 aromatic heterocycles. The van der Waals surface area contributed by atoms with Crippen LogP contribution in [0, 0.1) is 13.8 Å². The number of aryl methyl sites for hydroxylation is 2. The van der Waals surface area contributed by atoms with Gasteiger partial charge in [0.1, 0.15) is 0 Å². The quantitative estimate of drug-likeness (QED) is 0.827. The summed E-state index contributed by atoms with van der Waals surface area (Å²) >= 11 is 1.65. The lowest BCUT2D eigenvalue weighted by Crippen LogP contribution is -2.35. The summed E-state index contributed by atoms with van der Waals surface area (Å²) < 4.78 is 0. The zero-order valence-corrected chi connectivity index (χ0v) is 15.6. The van der Waals surface area contributed by atoms with Crippen LogP contribution in [0.5, 0.6) is 0 Å². The smallest absolute Gasteiger partial charge is 0.316 e. The van der Waals surface area contributed by atoms with E-state index >= 15 is 0 Å². The zero-order chi connectivity index (χ0) is 17.3. The monoisotopic (exact) mass is 343 g/mol. The molecule has 0 saturated carbocycles. The van der Waals surface area contributed by atoms with Crippen LogP contribution in [0.4, 0.5) is 10.5 Å². The van der Waals surface area contributed by atoms with Crippen molar-refractivity contribution in [1.29, 1.82) is 0 Å². The highest BCUT2D eigenvalue weighted by Crippen LogP contribution is 2.34. The van der Waals surface area contributed by atoms with Crippen molar-refractivity contribution in [3.63, 3.8) is 0 Å². The molecule has 1 N–H and O–H groups in total. The second-order valence-corrected chi connectivity index (χ2v) is 7.83. The summed E-state index contributed by atoms with van der Waals surface area (Å²) in [6.45, 7) is 9.15. The maximum absolute atomic E-state index is 12.9. The third kappa shape index (κ3) is 3.31. The van der Waals surface area contributed by atoms with Gasteiger partial charge < -0.3 is 10.2 Å². The molecule has 1 saturated heterocycles. The lowest BCUT2D eigenvalue weighted by atomic mass is 9.98. The number of hydrogen-bond donors (Lipinski definition) is 1. The number of thiazole rings is 1. The minimum Gasteiger partial charge on any atom is -0.316 e. The Hall–Kier alpha value is -1.88. The number of nitrogens with one attached hydrogen (secondary N) is 1. The lowest BCUT2D eigenvalue weighted by molar-refractivity contribution is 0.206. The first-order valence-corrected chi connectivity index (χ1v) is 9.44. The van der Waals surface area contributed by atoms with Crippen molar-refractivity contribution in [1.82, 2.24) is 9.88 Å². The average molecular weight is 343 g/mol. The van der Waals surface area contributed by atoms with Crippen molar-refractivity contribution in [2.24, 2.45) is 0 Å². The first kappa shape index (κ1) is 17.0. The Kier molecular flexibility index (Phi) is 4.90. The van der Waals surface area contributed by atoms with Crippen molar-refractivity contribution in [3.8, 4) is 0 Å². The van der Waals surface area contributed by atoms with Crippen LogP contribution < -0.4 is 5.32 Å². The van der Waals surface area contributed by atoms with E-state index in [0.29, 0.717) is 5.92 Å². The molecule has 4 nitrogen and oxygen atoms in total. The largest absolute Gasteiger partial charge is 0.322 e. The van der Waals surface area contributed by atoms with Crippen LogP contribution in [0.2, 0.25) is 0 Å².